The predicted molar refractivity (Wildman–Crippen MR) is 126 cm³/mol. The maximum Gasteiger partial charge on any atom is 0.259 e. The lowest BCUT2D eigenvalue weighted by molar-refractivity contribution is 0.0366. The van der Waals surface area contributed by atoms with Crippen molar-refractivity contribution in [2.75, 3.05) is 32.8 Å². The standard InChI is InChI=1S/C26H23N3O4/c30-17-6-7-20-19(14-17)22-21(29(20)9-8-28-10-12-33-13-11-28)15-18(16-4-2-1-3-5-16)23-24(22)26(32)27-25(23)31/h1-7,14-15,30H,8-13H2,(H,27,31,32). The second-order valence-electron chi connectivity index (χ2n) is 8.52. The highest BCUT2D eigenvalue weighted by atomic mass is 16.5. The summed E-state index contributed by atoms with van der Waals surface area (Å²) < 4.78 is 7.67. The highest BCUT2D eigenvalue weighted by molar-refractivity contribution is 6.32. The number of hydrogen-bond donors (Lipinski definition) is 2. The van der Waals surface area contributed by atoms with Crippen LogP contribution in [0.25, 0.3) is 32.9 Å². The van der Waals surface area contributed by atoms with Gasteiger partial charge in [0.05, 0.1) is 29.9 Å². The van der Waals surface area contributed by atoms with E-state index in [1.54, 1.807) is 12.1 Å². The van der Waals surface area contributed by atoms with Gasteiger partial charge in [-0.15, -0.1) is 0 Å². The molecule has 7 nitrogen and oxygen atoms in total. The fourth-order valence-electron chi connectivity index (χ4n) is 5.09. The quantitative estimate of drug-likeness (QED) is 0.475. The molecule has 1 saturated heterocycles. The van der Waals surface area contributed by atoms with Crippen LogP contribution in [0.2, 0.25) is 0 Å². The summed E-state index contributed by atoms with van der Waals surface area (Å²) in [4.78, 5) is 28.2. The van der Waals surface area contributed by atoms with Gasteiger partial charge in [-0.05, 0) is 35.4 Å². The SMILES string of the molecule is O=C1NC(=O)c2c1c(-c1ccccc1)cc1c2c2cc(O)ccc2n1CCN1CCOCC1. The lowest BCUT2D eigenvalue weighted by atomic mass is 9.93. The van der Waals surface area contributed by atoms with Gasteiger partial charge in [-0.1, -0.05) is 30.3 Å². The molecule has 0 unspecified atom stereocenters. The Morgan fingerprint density at radius 3 is 2.42 bits per heavy atom. The second-order valence-corrected chi connectivity index (χ2v) is 8.52. The van der Waals surface area contributed by atoms with Crippen LogP contribution >= 0.6 is 0 Å². The Bertz CT molecular complexity index is 1420. The van der Waals surface area contributed by atoms with Gasteiger partial charge in [-0.2, -0.15) is 0 Å². The number of phenols is 1. The second kappa shape index (κ2) is 7.72. The Balaban J connectivity index is 1.63. The minimum absolute atomic E-state index is 0.125. The molecular weight excluding hydrogens is 418 g/mol. The van der Waals surface area contributed by atoms with Gasteiger partial charge in [0.25, 0.3) is 11.8 Å². The number of aromatic nitrogens is 1. The Morgan fingerprint density at radius 1 is 0.879 bits per heavy atom. The van der Waals surface area contributed by atoms with Crippen molar-refractivity contribution in [3.05, 3.63) is 65.7 Å². The summed E-state index contributed by atoms with van der Waals surface area (Å²) in [6.07, 6.45) is 0. The Hall–Kier alpha value is -3.68. The lowest BCUT2D eigenvalue weighted by Crippen LogP contribution is -2.38. The number of rotatable bonds is 4. The minimum Gasteiger partial charge on any atom is -0.508 e. The maximum absolute atomic E-state index is 13.0. The van der Waals surface area contributed by atoms with Gasteiger partial charge in [0.1, 0.15) is 5.75 Å². The number of carbonyl (C=O) groups is 2. The first-order valence-corrected chi connectivity index (χ1v) is 11.1. The molecule has 4 aromatic rings. The van der Waals surface area contributed by atoms with Crippen LogP contribution in [0.3, 0.4) is 0 Å². The molecule has 166 valence electrons. The van der Waals surface area contributed by atoms with Gasteiger partial charge in [-0.25, -0.2) is 0 Å². The maximum atomic E-state index is 13.0. The van der Waals surface area contributed by atoms with E-state index in [2.05, 4.69) is 14.8 Å². The number of phenolic OH excluding ortho intramolecular Hbond substituents is 1. The van der Waals surface area contributed by atoms with Crippen molar-refractivity contribution in [2.24, 2.45) is 0 Å². The molecule has 1 fully saturated rings. The number of ether oxygens (including phenoxy) is 1. The van der Waals surface area contributed by atoms with E-state index in [9.17, 15) is 14.7 Å². The molecule has 2 aliphatic heterocycles. The summed E-state index contributed by atoms with van der Waals surface area (Å²) >= 11 is 0. The van der Waals surface area contributed by atoms with Crippen LogP contribution in [-0.4, -0.2) is 59.2 Å². The van der Waals surface area contributed by atoms with Crippen LogP contribution in [0, 0.1) is 0 Å². The molecule has 1 aromatic heterocycles. The number of nitrogens with zero attached hydrogens (tertiary/aromatic N) is 2. The molecule has 7 heteroatoms. The highest BCUT2D eigenvalue weighted by Gasteiger charge is 2.34. The van der Waals surface area contributed by atoms with Crippen molar-refractivity contribution in [1.29, 1.82) is 0 Å². The molecule has 6 rings (SSSR count). The molecule has 33 heavy (non-hydrogen) atoms. The first-order chi connectivity index (χ1) is 16.1. The molecule has 2 amide bonds. The smallest absolute Gasteiger partial charge is 0.259 e. The zero-order valence-corrected chi connectivity index (χ0v) is 18.0. The summed E-state index contributed by atoms with van der Waals surface area (Å²) in [5, 5.41) is 14.2. The van der Waals surface area contributed by atoms with Crippen molar-refractivity contribution in [3.63, 3.8) is 0 Å². The van der Waals surface area contributed by atoms with E-state index in [-0.39, 0.29) is 11.7 Å². The molecule has 0 spiro atoms. The first-order valence-electron chi connectivity index (χ1n) is 11.1. The highest BCUT2D eigenvalue weighted by Crippen LogP contribution is 2.41. The summed E-state index contributed by atoms with van der Waals surface area (Å²) in [6, 6.07) is 16.9. The topological polar surface area (TPSA) is 83.8 Å². The van der Waals surface area contributed by atoms with Crippen molar-refractivity contribution in [1.82, 2.24) is 14.8 Å². The number of amides is 2. The van der Waals surface area contributed by atoms with Crippen molar-refractivity contribution < 1.29 is 19.4 Å². The Labute approximate surface area is 190 Å². The lowest BCUT2D eigenvalue weighted by Gasteiger charge is -2.27. The summed E-state index contributed by atoms with van der Waals surface area (Å²) in [6.45, 7) is 4.79. The van der Waals surface area contributed by atoms with Gasteiger partial charge in [-0.3, -0.25) is 19.8 Å². The molecule has 0 aliphatic carbocycles. The van der Waals surface area contributed by atoms with Crippen molar-refractivity contribution in [2.45, 2.75) is 6.54 Å². The number of imide groups is 1. The Kier molecular flexibility index (Phi) is 4.67. The third-order valence-corrected chi connectivity index (χ3v) is 6.65. The third kappa shape index (κ3) is 3.20. The molecule has 2 N–H and O–H groups in total. The monoisotopic (exact) mass is 441 g/mol. The van der Waals surface area contributed by atoms with E-state index in [1.165, 1.54) is 0 Å². The van der Waals surface area contributed by atoms with Crippen LogP contribution in [-0.2, 0) is 11.3 Å². The molecule has 3 heterocycles. The third-order valence-electron chi connectivity index (χ3n) is 6.65. The molecule has 3 aromatic carbocycles. The normalized spacial score (nSPS) is 16.5. The van der Waals surface area contributed by atoms with E-state index in [1.807, 2.05) is 42.5 Å². The zero-order valence-electron chi connectivity index (χ0n) is 18.0. The van der Waals surface area contributed by atoms with Crippen LogP contribution in [0.1, 0.15) is 20.7 Å². The molecule has 0 radical (unpaired) electrons. The molecule has 2 aliphatic rings. The number of carbonyl (C=O) groups excluding carboxylic acids is 2. The van der Waals surface area contributed by atoms with E-state index in [4.69, 9.17) is 4.74 Å². The summed E-state index contributed by atoms with van der Waals surface area (Å²) in [5.41, 5.74) is 4.21. The van der Waals surface area contributed by atoms with Crippen LogP contribution < -0.4 is 5.32 Å². The van der Waals surface area contributed by atoms with Crippen LogP contribution in [0.4, 0.5) is 0 Å². The van der Waals surface area contributed by atoms with E-state index in [0.29, 0.717) is 23.1 Å². The van der Waals surface area contributed by atoms with E-state index in [0.717, 1.165) is 60.4 Å². The number of fused-ring (bicyclic) bond motifs is 5. The number of morpholine rings is 1. The van der Waals surface area contributed by atoms with Gasteiger partial charge in [0.15, 0.2) is 0 Å². The zero-order chi connectivity index (χ0) is 22.5. The van der Waals surface area contributed by atoms with E-state index < -0.39 is 5.91 Å². The molecule has 0 saturated carbocycles. The summed E-state index contributed by atoms with van der Waals surface area (Å²) in [7, 11) is 0. The molecule has 0 bridgehead atoms. The minimum atomic E-state index is -0.395. The number of aromatic hydroxyl groups is 1. The predicted octanol–water partition coefficient (Wildman–Crippen LogP) is 3.38. The average Bonchev–Trinajstić information content (AvgIpc) is 3.31. The van der Waals surface area contributed by atoms with Gasteiger partial charge in [0.2, 0.25) is 0 Å². The first kappa shape index (κ1) is 20.0. The summed E-state index contributed by atoms with van der Waals surface area (Å²) in [5.74, 6) is -0.654. The fraction of sp³-hybridized carbons (Fsp3) is 0.231. The van der Waals surface area contributed by atoms with Crippen molar-refractivity contribution in [3.8, 4) is 16.9 Å². The number of nitrogens with one attached hydrogen (secondary N) is 1. The largest absolute Gasteiger partial charge is 0.508 e. The van der Waals surface area contributed by atoms with Gasteiger partial charge >= 0.3 is 0 Å². The van der Waals surface area contributed by atoms with Gasteiger partial charge in [0, 0.05) is 42.5 Å². The van der Waals surface area contributed by atoms with Gasteiger partial charge < -0.3 is 14.4 Å². The van der Waals surface area contributed by atoms with Crippen molar-refractivity contribution >= 4 is 33.6 Å². The fourth-order valence-corrected chi connectivity index (χ4v) is 5.09. The average molecular weight is 441 g/mol. The number of hydrogen-bond acceptors (Lipinski definition) is 5. The number of benzene rings is 3. The van der Waals surface area contributed by atoms with Crippen LogP contribution in [0.5, 0.6) is 5.75 Å². The Morgan fingerprint density at radius 2 is 1.64 bits per heavy atom. The molecule has 0 atom stereocenters. The van der Waals surface area contributed by atoms with E-state index >= 15 is 0 Å². The molecular formula is C26H23N3O4. The van der Waals surface area contributed by atoms with Crippen LogP contribution in [0.15, 0.2) is 54.6 Å².